The Morgan fingerprint density at radius 3 is 2.58 bits per heavy atom. The lowest BCUT2D eigenvalue weighted by Crippen LogP contribution is -2.76. The van der Waals surface area contributed by atoms with Crippen LogP contribution in [0.3, 0.4) is 0 Å². The normalized spacial score (nSPS) is 29.4. The number of aromatic amines is 1. The van der Waals surface area contributed by atoms with Crippen molar-refractivity contribution in [3.8, 4) is 28.1 Å². The molecule has 2 aromatic heterocycles. The quantitative estimate of drug-likeness (QED) is 0.617. The lowest BCUT2D eigenvalue weighted by molar-refractivity contribution is -0.164. The Morgan fingerprint density at radius 2 is 1.97 bits per heavy atom. The highest BCUT2D eigenvalue weighted by atomic mass is 16.5. The molecule has 1 unspecified atom stereocenters. The molecule has 2 aliphatic heterocycles. The van der Waals surface area contributed by atoms with Gasteiger partial charge in [-0.3, -0.25) is 10.00 Å². The number of fused-ring (bicyclic) bond motifs is 3. The summed E-state index contributed by atoms with van der Waals surface area (Å²) in [6.07, 6.45) is 5.87. The molecule has 8 heteroatoms. The summed E-state index contributed by atoms with van der Waals surface area (Å²) in [6.45, 7) is 5.70. The molecule has 4 atom stereocenters. The molecule has 3 aromatic rings. The molecule has 1 aliphatic carbocycles. The molecule has 2 bridgehead atoms. The minimum Gasteiger partial charge on any atom is -0.507 e. The second kappa shape index (κ2) is 7.81. The van der Waals surface area contributed by atoms with Gasteiger partial charge in [-0.2, -0.15) is 5.10 Å². The highest BCUT2D eigenvalue weighted by Crippen LogP contribution is 2.52. The van der Waals surface area contributed by atoms with Crippen molar-refractivity contribution in [2.75, 3.05) is 32.6 Å². The number of piperidine rings is 2. The van der Waals surface area contributed by atoms with Crippen LogP contribution in [-0.2, 0) is 4.74 Å². The fourth-order valence-electron chi connectivity index (χ4n) is 6.03. The van der Waals surface area contributed by atoms with Gasteiger partial charge in [0.05, 0.1) is 24.0 Å². The minimum atomic E-state index is 0.00132. The Morgan fingerprint density at radius 1 is 1.15 bits per heavy atom. The zero-order valence-electron chi connectivity index (χ0n) is 19.9. The van der Waals surface area contributed by atoms with Gasteiger partial charge in [-0.1, -0.05) is 13.0 Å². The van der Waals surface area contributed by atoms with Crippen molar-refractivity contribution in [2.45, 2.75) is 44.4 Å². The van der Waals surface area contributed by atoms with Crippen LogP contribution in [-0.4, -0.2) is 75.8 Å². The summed E-state index contributed by atoms with van der Waals surface area (Å²) in [4.78, 5) is 4.69. The van der Waals surface area contributed by atoms with Crippen LogP contribution in [0.25, 0.3) is 22.4 Å². The van der Waals surface area contributed by atoms with E-state index in [-0.39, 0.29) is 28.8 Å². The Labute approximate surface area is 194 Å². The van der Waals surface area contributed by atoms with Gasteiger partial charge in [-0.05, 0) is 56.6 Å². The number of benzene rings is 1. The monoisotopic (exact) mass is 448 g/mol. The number of phenols is 1. The molecule has 8 nitrogen and oxygen atoms in total. The van der Waals surface area contributed by atoms with Crippen molar-refractivity contribution >= 4 is 5.82 Å². The van der Waals surface area contributed by atoms with Crippen molar-refractivity contribution in [2.24, 2.45) is 5.41 Å². The average Bonchev–Trinajstić information content (AvgIpc) is 3.34. The van der Waals surface area contributed by atoms with Gasteiger partial charge in [0.2, 0.25) is 0 Å². The number of phenolic OH excluding ortho intramolecular Hbond substituents is 1. The van der Waals surface area contributed by atoms with Gasteiger partial charge in [0.25, 0.3) is 0 Å². The molecule has 0 spiro atoms. The van der Waals surface area contributed by atoms with Gasteiger partial charge in [-0.25, -0.2) is 0 Å². The van der Waals surface area contributed by atoms with Crippen molar-refractivity contribution in [1.82, 2.24) is 25.3 Å². The topological polar surface area (TPSA) is 90.4 Å². The largest absolute Gasteiger partial charge is 0.507 e. The molecular weight excluding hydrogens is 416 g/mol. The van der Waals surface area contributed by atoms with E-state index in [0.29, 0.717) is 11.3 Å². The van der Waals surface area contributed by atoms with Crippen molar-refractivity contribution in [3.05, 3.63) is 42.7 Å². The molecule has 174 valence electrons. The van der Waals surface area contributed by atoms with E-state index in [4.69, 9.17) is 4.74 Å². The van der Waals surface area contributed by atoms with E-state index < -0.39 is 0 Å². The van der Waals surface area contributed by atoms with E-state index in [2.05, 4.69) is 58.1 Å². The van der Waals surface area contributed by atoms with Crippen molar-refractivity contribution < 1.29 is 9.84 Å². The number of methoxy groups -OCH3 is 1. The van der Waals surface area contributed by atoms with Crippen LogP contribution >= 0.6 is 0 Å². The van der Waals surface area contributed by atoms with Gasteiger partial charge in [0.1, 0.15) is 5.75 Å². The predicted octanol–water partition coefficient (Wildman–Crippen LogP) is 3.56. The summed E-state index contributed by atoms with van der Waals surface area (Å²) in [7, 11) is 6.12. The first-order valence-electron chi connectivity index (χ1n) is 11.4. The summed E-state index contributed by atoms with van der Waals surface area (Å²) in [5, 5.41) is 26.4. The van der Waals surface area contributed by atoms with E-state index in [1.807, 2.05) is 31.4 Å². The van der Waals surface area contributed by atoms with Gasteiger partial charge < -0.3 is 14.7 Å². The summed E-state index contributed by atoms with van der Waals surface area (Å²) in [5.41, 5.74) is 3.19. The van der Waals surface area contributed by atoms with Crippen LogP contribution in [0, 0.1) is 5.41 Å². The van der Waals surface area contributed by atoms with E-state index in [1.54, 1.807) is 18.5 Å². The van der Waals surface area contributed by atoms with Crippen LogP contribution in [0.2, 0.25) is 0 Å². The van der Waals surface area contributed by atoms with Crippen molar-refractivity contribution in [3.63, 3.8) is 0 Å². The highest BCUT2D eigenvalue weighted by molar-refractivity contribution is 5.73. The van der Waals surface area contributed by atoms with Gasteiger partial charge in [0, 0.05) is 49.0 Å². The molecule has 33 heavy (non-hydrogen) atoms. The lowest BCUT2D eigenvalue weighted by atomic mass is 9.58. The highest BCUT2D eigenvalue weighted by Gasteiger charge is 2.60. The number of ether oxygens (including phenoxy) is 1. The summed E-state index contributed by atoms with van der Waals surface area (Å²) < 4.78 is 6.10. The molecule has 0 amide bonds. The third-order valence-electron chi connectivity index (χ3n) is 8.07. The number of aromatic nitrogens is 4. The van der Waals surface area contributed by atoms with Crippen LogP contribution in [0.1, 0.15) is 26.7 Å². The summed E-state index contributed by atoms with van der Waals surface area (Å²) >= 11 is 0. The Balaban J connectivity index is 1.42. The maximum absolute atomic E-state index is 10.6. The molecule has 3 aliphatic rings. The molecular formula is C25H32N6O2. The van der Waals surface area contributed by atoms with Crippen LogP contribution < -0.4 is 4.90 Å². The molecule has 6 rings (SSSR count). The number of hydrogen-bond acceptors (Lipinski definition) is 7. The molecule has 1 aromatic carbocycles. The Kier molecular flexibility index (Phi) is 5.17. The number of nitrogens with one attached hydrogen (secondary N) is 1. The Bertz CT molecular complexity index is 1130. The number of likely N-dealkylation sites (N-methyl/N-ethyl adjacent to an activating group) is 2. The molecule has 1 saturated carbocycles. The zero-order chi connectivity index (χ0) is 23.4. The number of hydrogen-bond donors (Lipinski definition) is 2. The fraction of sp³-hybridized carbons (Fsp3) is 0.480. The van der Waals surface area contributed by atoms with Gasteiger partial charge >= 0.3 is 0 Å². The third-order valence-corrected chi connectivity index (χ3v) is 8.07. The first-order valence-corrected chi connectivity index (χ1v) is 11.4. The standard InChI is InChI=1S/C25H32N6O2/c1-24-10-11-25(2,30(3)15-24)23(33-5)22(24)31(4)21-9-8-19(28-29-21)18-7-6-16(12-20(18)32)17-13-26-27-14-17/h6-9,12-14,22-23,32H,10-11,15H2,1-5H3,(H,26,27)/t22-,23?,24+,25+/m1/s1. The van der Waals surface area contributed by atoms with Crippen LogP contribution in [0.5, 0.6) is 5.75 Å². The summed E-state index contributed by atoms with van der Waals surface area (Å²) in [5.74, 6) is 0.969. The van der Waals surface area contributed by atoms with E-state index >= 15 is 0 Å². The van der Waals surface area contributed by atoms with Crippen LogP contribution in [0.4, 0.5) is 5.82 Å². The molecule has 3 fully saturated rings. The second-order valence-corrected chi connectivity index (χ2v) is 10.1. The van der Waals surface area contributed by atoms with Gasteiger partial charge in [-0.15, -0.1) is 10.2 Å². The smallest absolute Gasteiger partial charge is 0.151 e. The molecule has 4 heterocycles. The van der Waals surface area contributed by atoms with E-state index in [1.165, 1.54) is 0 Å². The number of nitrogens with zero attached hydrogens (tertiary/aromatic N) is 5. The number of H-pyrrole nitrogens is 1. The lowest BCUT2D eigenvalue weighted by Gasteiger charge is -2.65. The fourth-order valence-corrected chi connectivity index (χ4v) is 6.03. The first-order chi connectivity index (χ1) is 15.8. The summed E-state index contributed by atoms with van der Waals surface area (Å²) in [6, 6.07) is 9.63. The van der Waals surface area contributed by atoms with Crippen LogP contribution in [0.15, 0.2) is 42.7 Å². The zero-order valence-corrected chi connectivity index (χ0v) is 19.9. The predicted molar refractivity (Wildman–Crippen MR) is 128 cm³/mol. The van der Waals surface area contributed by atoms with Crippen molar-refractivity contribution in [1.29, 1.82) is 0 Å². The average molecular weight is 449 g/mol. The molecule has 0 radical (unpaired) electrons. The van der Waals surface area contributed by atoms with Gasteiger partial charge in [0.15, 0.2) is 5.82 Å². The molecule has 2 N–H and O–H groups in total. The first kappa shape index (κ1) is 21.9. The van der Waals surface area contributed by atoms with E-state index in [9.17, 15) is 5.11 Å². The maximum Gasteiger partial charge on any atom is 0.151 e. The number of aromatic hydroxyl groups is 1. The molecule has 2 saturated heterocycles. The third kappa shape index (κ3) is 3.40. The minimum absolute atomic E-state index is 0.00132. The second-order valence-electron chi connectivity index (χ2n) is 10.1. The van der Waals surface area contributed by atoms with E-state index in [0.717, 1.165) is 36.3 Å². The number of rotatable bonds is 5. The maximum atomic E-state index is 10.6. The SMILES string of the molecule is COC1[C@@H](N(C)c2ccc(-c3ccc(-c4cn[nH]c4)cc3O)nn2)[C@@]2(C)CC[C@]1(C)N(C)C2. The number of anilines is 1. The Hall–Kier alpha value is -2.97.